The van der Waals surface area contributed by atoms with Crippen molar-refractivity contribution in [1.82, 2.24) is 15.0 Å². The van der Waals surface area contributed by atoms with Crippen LogP contribution in [0.3, 0.4) is 0 Å². The van der Waals surface area contributed by atoms with Gasteiger partial charge >= 0.3 is 5.97 Å². The van der Waals surface area contributed by atoms with Gasteiger partial charge in [-0.05, 0) is 73.4 Å². The zero-order valence-electron chi connectivity index (χ0n) is 25.6. The Balaban J connectivity index is 1.26. The lowest BCUT2D eigenvalue weighted by Gasteiger charge is -2.40. The van der Waals surface area contributed by atoms with E-state index in [1.54, 1.807) is 6.33 Å². The molecule has 1 N–H and O–H groups in total. The third-order valence-electron chi connectivity index (χ3n) is 9.42. The molecule has 0 spiro atoms. The Bertz CT molecular complexity index is 1940. The van der Waals surface area contributed by atoms with Gasteiger partial charge in [0.05, 0.1) is 12.1 Å². The van der Waals surface area contributed by atoms with Crippen LogP contribution in [0.5, 0.6) is 0 Å². The first kappa shape index (κ1) is 28.6. The van der Waals surface area contributed by atoms with E-state index in [-0.39, 0.29) is 11.8 Å². The molecular formula is C35H36ClN5O3. The molecule has 0 amide bonds. The average Bonchev–Trinajstić information content (AvgIpc) is 3.36. The second-order valence-corrected chi connectivity index (χ2v) is 13.4. The van der Waals surface area contributed by atoms with Crippen LogP contribution in [0.15, 0.2) is 47.1 Å². The van der Waals surface area contributed by atoms with Crippen LogP contribution in [0.1, 0.15) is 54.8 Å². The smallest absolute Gasteiger partial charge is 0.307 e. The van der Waals surface area contributed by atoms with Gasteiger partial charge in [-0.15, -0.1) is 0 Å². The summed E-state index contributed by atoms with van der Waals surface area (Å²) in [5.74, 6) is -0.0514. The fourth-order valence-electron chi connectivity index (χ4n) is 6.91. The van der Waals surface area contributed by atoms with Crippen molar-refractivity contribution < 1.29 is 14.3 Å². The van der Waals surface area contributed by atoms with Crippen molar-refractivity contribution in [3.8, 4) is 11.1 Å². The van der Waals surface area contributed by atoms with Gasteiger partial charge in [0.25, 0.3) is 0 Å². The average molecular weight is 610 g/mol. The van der Waals surface area contributed by atoms with E-state index in [4.69, 9.17) is 21.0 Å². The molecule has 3 aromatic heterocycles. The van der Waals surface area contributed by atoms with Crippen LogP contribution >= 0.6 is 11.6 Å². The van der Waals surface area contributed by atoms with E-state index in [9.17, 15) is 9.90 Å². The van der Waals surface area contributed by atoms with Crippen molar-refractivity contribution >= 4 is 51.1 Å². The van der Waals surface area contributed by atoms with Crippen molar-refractivity contribution in [2.24, 2.45) is 5.41 Å². The van der Waals surface area contributed by atoms with Crippen LogP contribution < -0.4 is 9.80 Å². The Labute approximate surface area is 261 Å². The van der Waals surface area contributed by atoms with Crippen molar-refractivity contribution in [3.05, 3.63) is 75.8 Å². The molecule has 2 aromatic carbocycles. The summed E-state index contributed by atoms with van der Waals surface area (Å²) in [6.45, 7) is 11.9. The highest BCUT2D eigenvalue weighted by Crippen LogP contribution is 2.43. The maximum atomic E-state index is 12.0. The number of hydrogen-bond donors (Lipinski definition) is 1. The summed E-state index contributed by atoms with van der Waals surface area (Å²) in [7, 11) is 0. The fourth-order valence-corrected chi connectivity index (χ4v) is 7.08. The van der Waals surface area contributed by atoms with Gasteiger partial charge in [0, 0.05) is 59.1 Å². The van der Waals surface area contributed by atoms with Crippen molar-refractivity contribution in [1.29, 1.82) is 0 Å². The second-order valence-electron chi connectivity index (χ2n) is 13.0. The maximum absolute atomic E-state index is 12.0. The summed E-state index contributed by atoms with van der Waals surface area (Å²) in [6.07, 6.45) is 4.52. The summed E-state index contributed by atoms with van der Waals surface area (Å²) >= 11 is 6.26. The van der Waals surface area contributed by atoms with Crippen molar-refractivity contribution in [2.75, 3.05) is 29.4 Å². The van der Waals surface area contributed by atoms with Gasteiger partial charge < -0.3 is 19.3 Å². The first-order valence-electron chi connectivity index (χ1n) is 15.2. The monoisotopic (exact) mass is 609 g/mol. The minimum absolute atomic E-state index is 0.0390. The Morgan fingerprint density at radius 2 is 1.80 bits per heavy atom. The summed E-state index contributed by atoms with van der Waals surface area (Å²) in [5, 5.41) is 11.4. The molecule has 44 heavy (non-hydrogen) atoms. The SMILES string of the molecule is Cc1nc(C)c(-c2ccc3c(c2)CCN(c2ncnc4c2oc2ccc(Cl)cc24)C3)c(N2CCC(C)(C)CC2)c1CC(=O)O. The van der Waals surface area contributed by atoms with E-state index < -0.39 is 5.97 Å². The number of aryl methyl sites for hydroxylation is 2. The van der Waals surface area contributed by atoms with Crippen LogP contribution in [-0.4, -0.2) is 45.7 Å². The number of furan rings is 1. The van der Waals surface area contributed by atoms with Gasteiger partial charge in [-0.1, -0.05) is 43.6 Å². The van der Waals surface area contributed by atoms with E-state index in [1.807, 2.05) is 32.0 Å². The Kier molecular flexibility index (Phi) is 7.00. The Morgan fingerprint density at radius 3 is 2.57 bits per heavy atom. The van der Waals surface area contributed by atoms with Gasteiger partial charge in [-0.25, -0.2) is 9.97 Å². The molecule has 0 atom stereocenters. The molecular weight excluding hydrogens is 574 g/mol. The second kappa shape index (κ2) is 10.8. The highest BCUT2D eigenvalue weighted by atomic mass is 35.5. The Morgan fingerprint density at radius 1 is 1.00 bits per heavy atom. The summed E-state index contributed by atoms with van der Waals surface area (Å²) in [4.78, 5) is 30.7. The van der Waals surface area contributed by atoms with Gasteiger partial charge in [0.2, 0.25) is 0 Å². The van der Waals surface area contributed by atoms with Gasteiger partial charge in [0.1, 0.15) is 17.4 Å². The van der Waals surface area contributed by atoms with E-state index in [2.05, 4.69) is 51.8 Å². The lowest BCUT2D eigenvalue weighted by molar-refractivity contribution is -0.136. The number of rotatable bonds is 5. The molecule has 5 aromatic rings. The number of piperidine rings is 1. The highest BCUT2D eigenvalue weighted by Gasteiger charge is 2.31. The molecule has 226 valence electrons. The van der Waals surface area contributed by atoms with Gasteiger partial charge in [0.15, 0.2) is 11.4 Å². The molecule has 5 heterocycles. The number of aliphatic carboxylic acids is 1. The van der Waals surface area contributed by atoms with Crippen LogP contribution in [0, 0.1) is 19.3 Å². The lowest BCUT2D eigenvalue weighted by Crippen LogP contribution is -2.38. The molecule has 0 saturated carbocycles. The third-order valence-corrected chi connectivity index (χ3v) is 9.65. The molecule has 8 nitrogen and oxygen atoms in total. The quantitative estimate of drug-likeness (QED) is 0.218. The number of benzene rings is 2. The number of aromatic nitrogens is 3. The Hall–Kier alpha value is -4.17. The molecule has 0 unspecified atom stereocenters. The first-order valence-corrected chi connectivity index (χ1v) is 15.6. The van der Waals surface area contributed by atoms with E-state index in [0.717, 1.165) is 95.0 Å². The van der Waals surface area contributed by atoms with E-state index in [1.165, 1.54) is 11.1 Å². The number of carboxylic acid groups (broad SMARTS) is 1. The molecule has 7 rings (SSSR count). The largest absolute Gasteiger partial charge is 0.481 e. The standard InChI is InChI=1S/C35H36ClN5O3/c1-20-26(17-29(42)43)32(40-13-10-35(3,4)11-14-40)30(21(2)39-20)23-5-6-24-18-41(12-9-22(24)15-23)34-33-31(37-19-38-34)27-16-25(36)7-8-28(27)44-33/h5-8,15-16,19H,9-14,17-18H2,1-4H3,(H,42,43). The predicted molar refractivity (Wildman–Crippen MR) is 175 cm³/mol. The molecule has 1 saturated heterocycles. The van der Waals surface area contributed by atoms with E-state index >= 15 is 0 Å². The normalized spacial score (nSPS) is 16.5. The van der Waals surface area contributed by atoms with Crippen LogP contribution in [0.4, 0.5) is 11.5 Å². The van der Waals surface area contributed by atoms with Crippen molar-refractivity contribution in [2.45, 2.75) is 59.9 Å². The molecule has 9 heteroatoms. The summed E-state index contributed by atoms with van der Waals surface area (Å²) in [5.41, 5.74) is 10.7. The molecule has 1 fully saturated rings. The third kappa shape index (κ3) is 5.05. The number of carbonyl (C=O) groups is 1. The van der Waals surface area contributed by atoms with Crippen molar-refractivity contribution in [3.63, 3.8) is 0 Å². The molecule has 2 aliphatic rings. The molecule has 0 aliphatic carbocycles. The van der Waals surface area contributed by atoms with Crippen LogP contribution in [-0.2, 0) is 24.2 Å². The lowest BCUT2D eigenvalue weighted by atomic mass is 9.82. The van der Waals surface area contributed by atoms with E-state index in [0.29, 0.717) is 17.2 Å². The number of fused-ring (bicyclic) bond motifs is 4. The summed E-state index contributed by atoms with van der Waals surface area (Å²) in [6, 6.07) is 12.2. The number of pyridine rings is 1. The molecule has 2 aliphatic heterocycles. The minimum atomic E-state index is -0.833. The first-order chi connectivity index (χ1) is 21.1. The molecule has 0 radical (unpaired) electrons. The number of hydrogen-bond acceptors (Lipinski definition) is 7. The predicted octanol–water partition coefficient (Wildman–Crippen LogP) is 7.52. The zero-order valence-corrected chi connectivity index (χ0v) is 26.3. The van der Waals surface area contributed by atoms with Gasteiger partial charge in [-0.2, -0.15) is 0 Å². The number of halogens is 1. The van der Waals surface area contributed by atoms with Gasteiger partial charge in [-0.3, -0.25) is 9.78 Å². The number of nitrogens with zero attached hydrogens (tertiary/aromatic N) is 5. The highest BCUT2D eigenvalue weighted by molar-refractivity contribution is 6.31. The number of carboxylic acids is 1. The molecule has 0 bridgehead atoms. The zero-order chi connectivity index (χ0) is 30.7. The number of anilines is 2. The van der Waals surface area contributed by atoms with Crippen LogP contribution in [0.25, 0.3) is 33.2 Å². The fraction of sp³-hybridized carbons (Fsp3) is 0.371. The van der Waals surface area contributed by atoms with Crippen LogP contribution in [0.2, 0.25) is 5.02 Å². The topological polar surface area (TPSA) is 95.6 Å². The summed E-state index contributed by atoms with van der Waals surface area (Å²) < 4.78 is 6.22. The minimum Gasteiger partial charge on any atom is -0.481 e. The maximum Gasteiger partial charge on any atom is 0.307 e.